The molecular weight excluding hydrogens is 274 g/mol. The molecule has 1 aromatic carbocycles. The van der Waals surface area contributed by atoms with Gasteiger partial charge in [0.15, 0.2) is 5.43 Å². The first kappa shape index (κ1) is 14.8. The Morgan fingerprint density at radius 2 is 1.90 bits per heavy atom. The number of hydrogen-bond donors (Lipinski definition) is 1. The van der Waals surface area contributed by atoms with E-state index in [2.05, 4.69) is 4.57 Å². The molecule has 4 heteroatoms. The van der Waals surface area contributed by atoms with E-state index in [1.807, 2.05) is 31.2 Å². The molecule has 1 aromatic heterocycles. The van der Waals surface area contributed by atoms with E-state index < -0.39 is 0 Å². The van der Waals surface area contributed by atoms with E-state index in [4.69, 9.17) is 16.7 Å². The first-order valence-electron chi connectivity index (χ1n) is 6.66. The number of aliphatic hydroxyl groups excluding tert-OH is 1. The Labute approximate surface area is 123 Å². The number of aryl methyl sites for hydroxylation is 2. The van der Waals surface area contributed by atoms with Crippen LogP contribution in [0.25, 0.3) is 0 Å². The lowest BCUT2D eigenvalue weighted by Gasteiger charge is -2.16. The highest BCUT2D eigenvalue weighted by Crippen LogP contribution is 2.13. The predicted octanol–water partition coefficient (Wildman–Crippen LogP) is 2.78. The zero-order valence-corrected chi connectivity index (χ0v) is 12.2. The van der Waals surface area contributed by atoms with Gasteiger partial charge >= 0.3 is 0 Å². The Hall–Kier alpha value is -1.58. The molecule has 0 unspecified atom stereocenters. The van der Waals surface area contributed by atoms with Crippen LogP contribution in [0.2, 0.25) is 5.02 Å². The van der Waals surface area contributed by atoms with Gasteiger partial charge in [0, 0.05) is 41.7 Å². The summed E-state index contributed by atoms with van der Waals surface area (Å²) in [6, 6.07) is 11.0. The van der Waals surface area contributed by atoms with Gasteiger partial charge in [-0.25, -0.2) is 0 Å². The summed E-state index contributed by atoms with van der Waals surface area (Å²) in [7, 11) is 0. The summed E-state index contributed by atoms with van der Waals surface area (Å²) in [5.41, 5.74) is 3.04. The Kier molecular flexibility index (Phi) is 4.99. The molecule has 106 valence electrons. The zero-order chi connectivity index (χ0) is 14.5. The molecule has 2 rings (SSSR count). The highest BCUT2D eigenvalue weighted by molar-refractivity contribution is 6.30. The van der Waals surface area contributed by atoms with Crippen LogP contribution in [0, 0.1) is 6.92 Å². The second-order valence-electron chi connectivity index (χ2n) is 4.86. The molecule has 0 aliphatic heterocycles. The average molecular weight is 292 g/mol. The molecule has 2 aromatic rings. The van der Waals surface area contributed by atoms with Crippen LogP contribution in [-0.2, 0) is 13.0 Å². The summed E-state index contributed by atoms with van der Waals surface area (Å²) >= 11 is 5.89. The van der Waals surface area contributed by atoms with Crippen molar-refractivity contribution in [3.63, 3.8) is 0 Å². The maximum absolute atomic E-state index is 11.6. The molecule has 0 saturated carbocycles. The first-order valence-corrected chi connectivity index (χ1v) is 7.03. The van der Waals surface area contributed by atoms with Crippen molar-refractivity contribution < 1.29 is 5.11 Å². The van der Waals surface area contributed by atoms with Crippen LogP contribution in [0.3, 0.4) is 0 Å². The summed E-state index contributed by atoms with van der Waals surface area (Å²) < 4.78 is 2.11. The molecule has 0 bridgehead atoms. The lowest BCUT2D eigenvalue weighted by atomic mass is 10.1. The van der Waals surface area contributed by atoms with E-state index in [1.54, 1.807) is 12.1 Å². The van der Waals surface area contributed by atoms with Gasteiger partial charge < -0.3 is 9.67 Å². The average Bonchev–Trinajstić information content (AvgIpc) is 2.42. The first-order chi connectivity index (χ1) is 9.60. The minimum absolute atomic E-state index is 0.0165. The second-order valence-corrected chi connectivity index (χ2v) is 5.30. The Morgan fingerprint density at radius 3 is 2.55 bits per heavy atom. The van der Waals surface area contributed by atoms with Gasteiger partial charge in [0.2, 0.25) is 0 Å². The van der Waals surface area contributed by atoms with E-state index >= 15 is 0 Å². The molecule has 0 radical (unpaired) electrons. The molecule has 3 nitrogen and oxygen atoms in total. The van der Waals surface area contributed by atoms with Gasteiger partial charge in [0.25, 0.3) is 0 Å². The molecule has 0 fully saturated rings. The van der Waals surface area contributed by atoms with Crippen molar-refractivity contribution in [1.29, 1.82) is 0 Å². The summed E-state index contributed by atoms with van der Waals surface area (Å²) in [6.07, 6.45) is 1.35. The molecule has 0 aliphatic rings. The number of hydrogen-bond acceptors (Lipinski definition) is 2. The Balaban J connectivity index is 2.33. The minimum atomic E-state index is 0.0165. The second kappa shape index (κ2) is 6.73. The molecular formula is C16H18ClNO2. The maximum atomic E-state index is 11.6. The van der Waals surface area contributed by atoms with Gasteiger partial charge in [-0.05, 0) is 37.5 Å². The van der Waals surface area contributed by atoms with E-state index in [1.165, 1.54) is 0 Å². The number of halogens is 1. The van der Waals surface area contributed by atoms with Crippen molar-refractivity contribution in [3.8, 4) is 0 Å². The monoisotopic (exact) mass is 291 g/mol. The van der Waals surface area contributed by atoms with Crippen LogP contribution in [0.15, 0.2) is 41.2 Å². The number of pyridine rings is 1. The van der Waals surface area contributed by atoms with E-state index in [-0.39, 0.29) is 12.0 Å². The lowest BCUT2D eigenvalue weighted by molar-refractivity contribution is 0.287. The van der Waals surface area contributed by atoms with Gasteiger partial charge in [0.05, 0.1) is 0 Å². The maximum Gasteiger partial charge on any atom is 0.182 e. The zero-order valence-electron chi connectivity index (χ0n) is 11.5. The highest BCUT2D eigenvalue weighted by atomic mass is 35.5. The van der Waals surface area contributed by atoms with Crippen LogP contribution >= 0.6 is 11.6 Å². The predicted molar refractivity (Wildman–Crippen MR) is 81.4 cm³/mol. The molecule has 1 N–H and O–H groups in total. The fourth-order valence-electron chi connectivity index (χ4n) is 2.26. The quantitative estimate of drug-likeness (QED) is 0.920. The molecule has 0 atom stereocenters. The number of aliphatic hydroxyl groups is 1. The van der Waals surface area contributed by atoms with Crippen LogP contribution in [0.4, 0.5) is 0 Å². The van der Waals surface area contributed by atoms with Gasteiger partial charge in [-0.1, -0.05) is 23.7 Å². The highest BCUT2D eigenvalue weighted by Gasteiger charge is 2.06. The number of aromatic nitrogens is 1. The van der Waals surface area contributed by atoms with Crippen LogP contribution in [0.1, 0.15) is 23.4 Å². The van der Waals surface area contributed by atoms with Crippen molar-refractivity contribution in [2.45, 2.75) is 26.3 Å². The largest absolute Gasteiger partial charge is 0.396 e. The third-order valence-electron chi connectivity index (χ3n) is 3.28. The fourth-order valence-corrected chi connectivity index (χ4v) is 2.39. The molecule has 0 aliphatic carbocycles. The molecule has 0 amide bonds. The van der Waals surface area contributed by atoms with Gasteiger partial charge in [-0.3, -0.25) is 4.79 Å². The fraction of sp³-hybridized carbons (Fsp3) is 0.312. The molecule has 0 saturated heterocycles. The summed E-state index contributed by atoms with van der Waals surface area (Å²) in [6.45, 7) is 2.76. The van der Waals surface area contributed by atoms with Crippen molar-refractivity contribution in [2.24, 2.45) is 0 Å². The van der Waals surface area contributed by atoms with Crippen LogP contribution in [0.5, 0.6) is 0 Å². The topological polar surface area (TPSA) is 42.2 Å². The molecule has 20 heavy (non-hydrogen) atoms. The van der Waals surface area contributed by atoms with Gasteiger partial charge in [-0.15, -0.1) is 0 Å². The standard InChI is InChI=1S/C16H18ClNO2/c1-12-9-16(20)10-15(3-2-8-19)18(12)11-13-4-6-14(17)7-5-13/h4-7,9-10,19H,2-3,8,11H2,1H3. The van der Waals surface area contributed by atoms with E-state index in [0.29, 0.717) is 24.4 Å². The third kappa shape index (κ3) is 3.71. The smallest absolute Gasteiger partial charge is 0.182 e. The van der Waals surface area contributed by atoms with Crippen molar-refractivity contribution >= 4 is 11.6 Å². The molecule has 1 heterocycles. The summed E-state index contributed by atoms with van der Waals surface area (Å²) in [4.78, 5) is 11.6. The third-order valence-corrected chi connectivity index (χ3v) is 3.53. The van der Waals surface area contributed by atoms with Crippen LogP contribution < -0.4 is 5.43 Å². The molecule has 0 spiro atoms. The van der Waals surface area contributed by atoms with Crippen molar-refractivity contribution in [2.75, 3.05) is 6.61 Å². The number of nitrogens with zero attached hydrogens (tertiary/aromatic N) is 1. The number of rotatable bonds is 5. The minimum Gasteiger partial charge on any atom is -0.396 e. The lowest BCUT2D eigenvalue weighted by Crippen LogP contribution is -2.16. The SMILES string of the molecule is Cc1cc(=O)cc(CCCO)n1Cc1ccc(Cl)cc1. The summed E-state index contributed by atoms with van der Waals surface area (Å²) in [5, 5.41) is 9.69. The van der Waals surface area contributed by atoms with Gasteiger partial charge in [0.1, 0.15) is 0 Å². The Morgan fingerprint density at radius 1 is 1.20 bits per heavy atom. The van der Waals surface area contributed by atoms with Gasteiger partial charge in [-0.2, -0.15) is 0 Å². The van der Waals surface area contributed by atoms with E-state index in [9.17, 15) is 4.79 Å². The summed E-state index contributed by atoms with van der Waals surface area (Å²) in [5.74, 6) is 0. The van der Waals surface area contributed by atoms with E-state index in [0.717, 1.165) is 17.0 Å². The van der Waals surface area contributed by atoms with Crippen LogP contribution in [-0.4, -0.2) is 16.3 Å². The Bertz CT molecular complexity index is 632. The van der Waals surface area contributed by atoms with Crippen molar-refractivity contribution in [1.82, 2.24) is 4.57 Å². The number of benzene rings is 1. The normalized spacial score (nSPS) is 10.8. The van der Waals surface area contributed by atoms with Crippen molar-refractivity contribution in [3.05, 3.63) is 68.6 Å².